The Morgan fingerprint density at radius 2 is 1.86 bits per heavy atom. The lowest BCUT2D eigenvalue weighted by atomic mass is 10.0. The zero-order valence-electron chi connectivity index (χ0n) is 15.1. The van der Waals surface area contributed by atoms with Gasteiger partial charge in [0.15, 0.2) is 5.43 Å². The Morgan fingerprint density at radius 1 is 1.10 bits per heavy atom. The van der Waals surface area contributed by atoms with Gasteiger partial charge in [-0.3, -0.25) is 14.2 Å². The van der Waals surface area contributed by atoms with Crippen molar-refractivity contribution in [1.82, 2.24) is 14.8 Å². The minimum absolute atomic E-state index is 0.0842. The predicted molar refractivity (Wildman–Crippen MR) is 102 cm³/mol. The summed E-state index contributed by atoms with van der Waals surface area (Å²) in [5.74, 6) is -2.60. The largest absolute Gasteiger partial charge is 0.463 e. The molecule has 8 heteroatoms. The highest BCUT2D eigenvalue weighted by Gasteiger charge is 2.20. The number of aryl methyl sites for hydroxylation is 1. The number of aromatic nitrogens is 3. The molecule has 4 aromatic rings. The highest BCUT2D eigenvalue weighted by atomic mass is 19.1. The van der Waals surface area contributed by atoms with E-state index in [1.165, 1.54) is 29.6 Å². The molecular weight excluding hydrogens is 380 g/mol. The summed E-state index contributed by atoms with van der Waals surface area (Å²) < 4.78 is 34.1. The number of halogens is 2. The highest BCUT2D eigenvalue weighted by Crippen LogP contribution is 2.20. The molecule has 0 amide bonds. The average molecular weight is 393 g/mol. The van der Waals surface area contributed by atoms with Gasteiger partial charge in [-0.15, -0.1) is 10.2 Å². The molecule has 0 aliphatic heterocycles. The van der Waals surface area contributed by atoms with Crippen molar-refractivity contribution >= 4 is 28.5 Å². The number of fused-ring (bicyclic) bond motifs is 1. The Balaban J connectivity index is 1.89. The summed E-state index contributed by atoms with van der Waals surface area (Å²) in [6.07, 6.45) is 4.96. The number of carbonyl (C=O) groups is 1. The first-order chi connectivity index (χ1) is 13.9. The monoisotopic (exact) mass is 393 g/mol. The van der Waals surface area contributed by atoms with Crippen LogP contribution in [0.1, 0.15) is 21.5 Å². The lowest BCUT2D eigenvalue weighted by Crippen LogP contribution is -2.12. The van der Waals surface area contributed by atoms with Crippen LogP contribution in [-0.2, 0) is 0 Å². The number of carbonyl (C=O) groups excluding carboxylic acids is 1. The summed E-state index contributed by atoms with van der Waals surface area (Å²) in [6.45, 7) is 1.87. The van der Waals surface area contributed by atoms with E-state index in [-0.39, 0.29) is 22.3 Å². The third kappa shape index (κ3) is 3.47. The first kappa shape index (κ1) is 18.4. The summed E-state index contributed by atoms with van der Waals surface area (Å²) in [4.78, 5) is 25.8. The molecule has 0 unspecified atom stereocenters. The van der Waals surface area contributed by atoms with Crippen LogP contribution in [0.15, 0.2) is 64.5 Å². The van der Waals surface area contributed by atoms with Gasteiger partial charge in [0.25, 0.3) is 0 Å². The van der Waals surface area contributed by atoms with E-state index in [4.69, 9.17) is 4.42 Å². The van der Waals surface area contributed by atoms with Crippen molar-refractivity contribution in [1.29, 1.82) is 0 Å². The standard InChI is InChI=1S/C21H13F2N3O3/c1-12-2-4-16-19(6-12)29-9-13(20(16)27)7-18(26-10-24-25-11-26)21(28)15-5-3-14(22)8-17(15)23/h2-11H,1H3/b18-7-. The third-order valence-corrected chi connectivity index (χ3v) is 4.35. The Morgan fingerprint density at radius 3 is 2.59 bits per heavy atom. The first-order valence-electron chi connectivity index (χ1n) is 8.52. The van der Waals surface area contributed by atoms with Crippen molar-refractivity contribution in [2.75, 3.05) is 0 Å². The second kappa shape index (κ2) is 7.23. The lowest BCUT2D eigenvalue weighted by molar-refractivity contribution is 0.104. The number of allylic oxidation sites excluding steroid dienone is 1. The molecular formula is C21H13F2N3O3. The Bertz CT molecular complexity index is 1330. The molecule has 2 aromatic heterocycles. The van der Waals surface area contributed by atoms with E-state index < -0.39 is 17.4 Å². The van der Waals surface area contributed by atoms with E-state index in [1.807, 2.05) is 6.92 Å². The summed E-state index contributed by atoms with van der Waals surface area (Å²) in [6, 6.07) is 7.76. The van der Waals surface area contributed by atoms with E-state index >= 15 is 0 Å². The maximum Gasteiger partial charge on any atom is 0.212 e. The summed E-state index contributed by atoms with van der Waals surface area (Å²) in [5, 5.41) is 7.63. The van der Waals surface area contributed by atoms with Gasteiger partial charge in [-0.05, 0) is 42.8 Å². The lowest BCUT2D eigenvalue weighted by Gasteiger charge is -2.08. The number of benzene rings is 2. The summed E-state index contributed by atoms with van der Waals surface area (Å²) in [5.41, 5.74) is 0.613. The van der Waals surface area contributed by atoms with Crippen LogP contribution in [0.4, 0.5) is 8.78 Å². The molecule has 0 spiro atoms. The van der Waals surface area contributed by atoms with Crippen molar-refractivity contribution in [3.05, 3.63) is 93.9 Å². The van der Waals surface area contributed by atoms with Gasteiger partial charge in [-0.25, -0.2) is 8.78 Å². The zero-order chi connectivity index (χ0) is 20.5. The first-order valence-corrected chi connectivity index (χ1v) is 8.52. The summed E-state index contributed by atoms with van der Waals surface area (Å²) >= 11 is 0. The summed E-state index contributed by atoms with van der Waals surface area (Å²) in [7, 11) is 0. The van der Waals surface area contributed by atoms with Crippen LogP contribution in [0.5, 0.6) is 0 Å². The van der Waals surface area contributed by atoms with Crippen LogP contribution in [0.25, 0.3) is 22.7 Å². The van der Waals surface area contributed by atoms with Crippen molar-refractivity contribution < 1.29 is 18.0 Å². The van der Waals surface area contributed by atoms with Crippen LogP contribution >= 0.6 is 0 Å². The van der Waals surface area contributed by atoms with Gasteiger partial charge in [0.05, 0.1) is 22.2 Å². The zero-order valence-corrected chi connectivity index (χ0v) is 15.1. The van der Waals surface area contributed by atoms with Gasteiger partial charge in [0.1, 0.15) is 36.1 Å². The fourth-order valence-electron chi connectivity index (χ4n) is 2.89. The van der Waals surface area contributed by atoms with E-state index in [9.17, 15) is 18.4 Å². The van der Waals surface area contributed by atoms with Crippen molar-refractivity contribution in [3.63, 3.8) is 0 Å². The normalized spacial score (nSPS) is 11.8. The molecule has 0 saturated heterocycles. The van der Waals surface area contributed by atoms with Crippen molar-refractivity contribution in [2.24, 2.45) is 0 Å². The number of hydrogen-bond donors (Lipinski definition) is 0. The predicted octanol–water partition coefficient (Wildman–Crippen LogP) is 3.85. The Labute approximate surface area is 162 Å². The Kier molecular flexibility index (Phi) is 4.59. The van der Waals surface area contributed by atoms with Crippen molar-refractivity contribution in [3.8, 4) is 0 Å². The molecule has 0 atom stereocenters. The smallest absolute Gasteiger partial charge is 0.212 e. The molecule has 6 nitrogen and oxygen atoms in total. The highest BCUT2D eigenvalue weighted by molar-refractivity contribution is 6.28. The van der Waals surface area contributed by atoms with Gasteiger partial charge in [-0.1, -0.05) is 6.07 Å². The Hall–Kier alpha value is -3.94. The van der Waals surface area contributed by atoms with Gasteiger partial charge in [0, 0.05) is 6.07 Å². The molecule has 0 aliphatic rings. The fourth-order valence-corrected chi connectivity index (χ4v) is 2.89. The van der Waals surface area contributed by atoms with E-state index in [1.54, 1.807) is 18.2 Å². The molecule has 4 rings (SSSR count). The molecule has 2 aromatic carbocycles. The molecule has 0 saturated carbocycles. The van der Waals surface area contributed by atoms with Crippen LogP contribution in [-0.4, -0.2) is 20.5 Å². The van der Waals surface area contributed by atoms with Gasteiger partial charge >= 0.3 is 0 Å². The second-order valence-corrected chi connectivity index (χ2v) is 6.37. The molecule has 2 heterocycles. The van der Waals surface area contributed by atoms with Crippen LogP contribution in [0.2, 0.25) is 0 Å². The molecule has 0 aliphatic carbocycles. The minimum atomic E-state index is -1.02. The SMILES string of the molecule is Cc1ccc2c(=O)c(/C=C(/C(=O)c3ccc(F)cc3F)n3cnnc3)coc2c1. The number of rotatable bonds is 4. The van der Waals surface area contributed by atoms with Gasteiger partial charge in [-0.2, -0.15) is 0 Å². The quantitative estimate of drug-likeness (QED) is 0.389. The number of Topliss-reactive ketones (excluding diaryl/α,β-unsaturated/α-hetero) is 1. The molecule has 0 bridgehead atoms. The van der Waals surface area contributed by atoms with Crippen molar-refractivity contribution in [2.45, 2.75) is 6.92 Å². The third-order valence-electron chi connectivity index (χ3n) is 4.35. The second-order valence-electron chi connectivity index (χ2n) is 6.37. The maximum absolute atomic E-state index is 14.2. The molecule has 0 N–H and O–H groups in total. The van der Waals surface area contributed by atoms with E-state index in [0.717, 1.165) is 17.7 Å². The number of hydrogen-bond acceptors (Lipinski definition) is 5. The van der Waals surface area contributed by atoms with E-state index in [0.29, 0.717) is 17.0 Å². The van der Waals surface area contributed by atoms with Gasteiger partial charge in [0.2, 0.25) is 5.78 Å². The topological polar surface area (TPSA) is 78.0 Å². The molecule has 0 radical (unpaired) electrons. The maximum atomic E-state index is 14.2. The average Bonchev–Trinajstić information content (AvgIpc) is 3.21. The number of ketones is 1. The van der Waals surface area contributed by atoms with E-state index in [2.05, 4.69) is 10.2 Å². The fraction of sp³-hybridized carbons (Fsp3) is 0.0476. The van der Waals surface area contributed by atoms with Crippen LogP contribution < -0.4 is 5.43 Å². The molecule has 29 heavy (non-hydrogen) atoms. The van der Waals surface area contributed by atoms with Crippen LogP contribution in [0.3, 0.4) is 0 Å². The molecule has 0 fully saturated rings. The minimum Gasteiger partial charge on any atom is -0.463 e. The van der Waals surface area contributed by atoms with Crippen LogP contribution in [0, 0.1) is 18.6 Å². The van der Waals surface area contributed by atoms with Gasteiger partial charge < -0.3 is 4.42 Å². The molecule has 144 valence electrons. The number of nitrogens with zero attached hydrogens (tertiary/aromatic N) is 3.